The van der Waals surface area contributed by atoms with Gasteiger partial charge in [0.25, 0.3) is 0 Å². The number of amides is 1. The minimum atomic E-state index is -4.64. The number of anilines is 1. The van der Waals surface area contributed by atoms with Crippen LogP contribution in [0.1, 0.15) is 0 Å². The van der Waals surface area contributed by atoms with Crippen molar-refractivity contribution < 1.29 is 37.0 Å². The van der Waals surface area contributed by atoms with Crippen LogP contribution in [-0.2, 0) is 14.3 Å². The molecule has 1 amide bonds. The summed E-state index contributed by atoms with van der Waals surface area (Å²) in [6, 6.07) is 1.20. The lowest BCUT2D eigenvalue weighted by molar-refractivity contribution is -0.182. The Morgan fingerprint density at radius 2 is 1.91 bits per heavy atom. The van der Waals surface area contributed by atoms with Crippen LogP contribution in [0.2, 0.25) is 0 Å². The molecule has 0 atom stereocenters. The van der Waals surface area contributed by atoms with Gasteiger partial charge >= 0.3 is 18.2 Å². The van der Waals surface area contributed by atoms with Gasteiger partial charge in [-0.1, -0.05) is 0 Å². The molecule has 0 saturated carbocycles. The monoisotopic (exact) mass is 335 g/mol. The van der Waals surface area contributed by atoms with Crippen LogP contribution in [0.4, 0.5) is 19.0 Å². The number of carbonyl (C=O) groups is 2. The van der Waals surface area contributed by atoms with E-state index in [4.69, 9.17) is 9.47 Å². The number of hydrogen-bond acceptors (Lipinski definition) is 7. The Morgan fingerprint density at radius 1 is 1.22 bits per heavy atom. The topological polar surface area (TPSA) is 99.6 Å². The third-order valence-corrected chi connectivity index (χ3v) is 2.07. The molecule has 126 valence electrons. The third-order valence-electron chi connectivity index (χ3n) is 2.07. The van der Waals surface area contributed by atoms with Crippen LogP contribution in [-0.4, -0.2) is 48.8 Å². The van der Waals surface area contributed by atoms with Crippen LogP contribution in [0, 0.1) is 0 Å². The molecule has 1 rings (SSSR count). The number of nitrogens with zero attached hydrogens (tertiary/aromatic N) is 2. The Labute approximate surface area is 128 Å². The summed E-state index contributed by atoms with van der Waals surface area (Å²) >= 11 is 0. The number of nitrogens with one attached hydrogen (secondary N) is 1. The van der Waals surface area contributed by atoms with Gasteiger partial charge in [-0.25, -0.2) is 4.79 Å². The predicted octanol–water partition coefficient (Wildman–Crippen LogP) is 1.09. The lowest BCUT2D eigenvalue weighted by atomic mass is 10.4. The van der Waals surface area contributed by atoms with Crippen molar-refractivity contribution in [3.63, 3.8) is 0 Å². The molecule has 23 heavy (non-hydrogen) atoms. The number of ether oxygens (including phenoxy) is 3. The molecule has 0 aromatic carbocycles. The summed E-state index contributed by atoms with van der Waals surface area (Å²) < 4.78 is 49.0. The van der Waals surface area contributed by atoms with Crippen molar-refractivity contribution in [2.45, 2.75) is 6.18 Å². The van der Waals surface area contributed by atoms with E-state index in [2.05, 4.69) is 20.0 Å². The summed E-state index contributed by atoms with van der Waals surface area (Å²) in [7, 11) is 2.64. The molecule has 1 aromatic rings. The zero-order valence-corrected chi connectivity index (χ0v) is 12.0. The Morgan fingerprint density at radius 3 is 2.48 bits per heavy atom. The first-order chi connectivity index (χ1) is 10.7. The van der Waals surface area contributed by atoms with E-state index in [1.165, 1.54) is 20.3 Å². The van der Waals surface area contributed by atoms with Crippen molar-refractivity contribution in [1.82, 2.24) is 9.97 Å². The number of methoxy groups -OCH3 is 2. The van der Waals surface area contributed by atoms with Crippen LogP contribution in [0.25, 0.3) is 0 Å². The van der Waals surface area contributed by atoms with E-state index in [1.807, 2.05) is 0 Å². The van der Waals surface area contributed by atoms with Gasteiger partial charge in [-0.05, 0) is 0 Å². The van der Waals surface area contributed by atoms with Gasteiger partial charge in [0.15, 0.2) is 6.61 Å². The van der Waals surface area contributed by atoms with Crippen LogP contribution in [0.5, 0.6) is 11.9 Å². The molecule has 1 heterocycles. The Balaban J connectivity index is 2.62. The molecule has 11 heteroatoms. The summed E-state index contributed by atoms with van der Waals surface area (Å²) in [6.45, 7) is -1.74. The van der Waals surface area contributed by atoms with Crippen LogP contribution in [0.3, 0.4) is 0 Å². The molecule has 8 nitrogen and oxygen atoms in total. The van der Waals surface area contributed by atoms with Gasteiger partial charge in [-0.2, -0.15) is 23.1 Å². The number of esters is 1. The zero-order valence-electron chi connectivity index (χ0n) is 12.0. The highest BCUT2D eigenvalue weighted by Crippen LogP contribution is 2.17. The number of rotatable bonds is 6. The lowest BCUT2D eigenvalue weighted by Gasteiger charge is -2.06. The van der Waals surface area contributed by atoms with Crippen molar-refractivity contribution in [3.8, 4) is 11.9 Å². The lowest BCUT2D eigenvalue weighted by Crippen LogP contribution is -2.19. The second-order valence-corrected chi connectivity index (χ2v) is 3.83. The van der Waals surface area contributed by atoms with E-state index >= 15 is 0 Å². The zero-order chi connectivity index (χ0) is 17.5. The Bertz CT molecular complexity index is 582. The third kappa shape index (κ3) is 7.11. The number of halogens is 3. The van der Waals surface area contributed by atoms with Crippen LogP contribution < -0.4 is 14.8 Å². The second-order valence-electron chi connectivity index (χ2n) is 3.83. The fraction of sp³-hybridized carbons (Fsp3) is 0.333. The molecular formula is C12H12F3N3O5. The van der Waals surface area contributed by atoms with E-state index in [1.54, 1.807) is 0 Å². The van der Waals surface area contributed by atoms with Gasteiger partial charge < -0.3 is 19.5 Å². The molecule has 0 spiro atoms. The standard InChI is InChI=1S/C12H12F3N3O5/c1-21-9-5-7(17-11(18-9)22-2)16-8(19)3-4-10(20)23-6-12(13,14)15/h3-5H,6H2,1-2H3,(H,16,17,18,19). The van der Waals surface area contributed by atoms with Crippen molar-refractivity contribution in [2.24, 2.45) is 0 Å². The molecule has 0 aliphatic carbocycles. The normalized spacial score (nSPS) is 11.2. The molecule has 0 aliphatic heterocycles. The quantitative estimate of drug-likeness (QED) is 0.613. The second kappa shape index (κ2) is 7.96. The van der Waals surface area contributed by atoms with E-state index in [0.29, 0.717) is 12.2 Å². The van der Waals surface area contributed by atoms with Gasteiger partial charge in [-0.15, -0.1) is 0 Å². The SMILES string of the molecule is COc1cc(NC(=O)C=CC(=O)OCC(F)(F)F)nc(OC)n1. The number of carbonyl (C=O) groups excluding carboxylic acids is 2. The smallest absolute Gasteiger partial charge is 0.422 e. The number of aromatic nitrogens is 2. The summed E-state index contributed by atoms with van der Waals surface area (Å²) in [6.07, 6.45) is -3.39. The highest BCUT2D eigenvalue weighted by atomic mass is 19.4. The molecule has 0 unspecified atom stereocenters. The molecule has 0 aliphatic rings. The summed E-state index contributed by atoms with van der Waals surface area (Å²) in [5.74, 6) is -2.01. The highest BCUT2D eigenvalue weighted by Gasteiger charge is 2.29. The molecule has 1 aromatic heterocycles. The molecule has 0 bridgehead atoms. The largest absolute Gasteiger partial charge is 0.481 e. The summed E-state index contributed by atoms with van der Waals surface area (Å²) in [5, 5.41) is 2.25. The molecule has 0 fully saturated rings. The van der Waals surface area contributed by atoms with E-state index in [-0.39, 0.29) is 17.7 Å². The average Bonchev–Trinajstić information content (AvgIpc) is 2.49. The maximum Gasteiger partial charge on any atom is 0.422 e. The maximum atomic E-state index is 11.8. The first-order valence-corrected chi connectivity index (χ1v) is 5.93. The summed E-state index contributed by atoms with van der Waals surface area (Å²) in [4.78, 5) is 30.1. The van der Waals surface area contributed by atoms with E-state index in [0.717, 1.165) is 0 Å². The molecule has 1 N–H and O–H groups in total. The average molecular weight is 335 g/mol. The first-order valence-electron chi connectivity index (χ1n) is 5.93. The van der Waals surface area contributed by atoms with Gasteiger partial charge in [0.1, 0.15) is 5.82 Å². The molecule has 0 saturated heterocycles. The van der Waals surface area contributed by atoms with Crippen molar-refractivity contribution in [1.29, 1.82) is 0 Å². The minimum Gasteiger partial charge on any atom is -0.481 e. The maximum absolute atomic E-state index is 11.8. The van der Waals surface area contributed by atoms with Crippen LogP contribution >= 0.6 is 0 Å². The van der Waals surface area contributed by atoms with Crippen molar-refractivity contribution in [2.75, 3.05) is 26.1 Å². The van der Waals surface area contributed by atoms with Crippen LogP contribution in [0.15, 0.2) is 18.2 Å². The van der Waals surface area contributed by atoms with Gasteiger partial charge in [0.2, 0.25) is 11.8 Å². The van der Waals surface area contributed by atoms with Gasteiger partial charge in [0, 0.05) is 18.2 Å². The van der Waals surface area contributed by atoms with E-state index < -0.39 is 24.7 Å². The Kier molecular flexibility index (Phi) is 6.30. The number of alkyl halides is 3. The number of hydrogen-bond donors (Lipinski definition) is 1. The molecular weight excluding hydrogens is 323 g/mol. The van der Waals surface area contributed by atoms with Crippen molar-refractivity contribution in [3.05, 3.63) is 18.2 Å². The van der Waals surface area contributed by atoms with E-state index in [9.17, 15) is 22.8 Å². The van der Waals surface area contributed by atoms with Crippen molar-refractivity contribution >= 4 is 17.7 Å². The van der Waals surface area contributed by atoms with Gasteiger partial charge in [0.05, 0.1) is 14.2 Å². The van der Waals surface area contributed by atoms with Gasteiger partial charge in [-0.3, -0.25) is 4.79 Å². The Hall–Kier alpha value is -2.85. The predicted molar refractivity (Wildman–Crippen MR) is 69.9 cm³/mol. The summed E-state index contributed by atoms with van der Waals surface area (Å²) in [5.41, 5.74) is 0. The fourth-order valence-corrected chi connectivity index (χ4v) is 1.18. The molecule has 0 radical (unpaired) electrons. The fourth-order valence-electron chi connectivity index (χ4n) is 1.18. The highest BCUT2D eigenvalue weighted by molar-refractivity contribution is 6.02. The first kappa shape index (κ1) is 18.2. The minimum absolute atomic E-state index is 0.00649.